The van der Waals surface area contributed by atoms with Crippen molar-refractivity contribution in [3.63, 3.8) is 0 Å². The van der Waals surface area contributed by atoms with E-state index in [-0.39, 0.29) is 28.5 Å². The van der Waals surface area contributed by atoms with Gasteiger partial charge in [-0.25, -0.2) is 13.1 Å². The number of rotatable bonds is 17. The summed E-state index contributed by atoms with van der Waals surface area (Å²) in [6.07, 6.45) is 1.05. The van der Waals surface area contributed by atoms with Gasteiger partial charge < -0.3 is 25.6 Å². The molecule has 11 heteroatoms. The van der Waals surface area contributed by atoms with E-state index in [0.29, 0.717) is 37.5 Å². The van der Waals surface area contributed by atoms with Crippen LogP contribution in [0.15, 0.2) is 46.0 Å². The van der Waals surface area contributed by atoms with Gasteiger partial charge in [0.2, 0.25) is 10.0 Å². The number of benzene rings is 1. The number of nitrogens with two attached hydrogens (primary N) is 1. The number of aliphatic hydroxyl groups excluding tert-OH is 1. The van der Waals surface area contributed by atoms with E-state index in [2.05, 4.69) is 10.0 Å². The van der Waals surface area contributed by atoms with E-state index < -0.39 is 22.2 Å². The molecule has 0 aliphatic heterocycles. The van der Waals surface area contributed by atoms with Crippen LogP contribution in [0, 0.1) is 11.8 Å². The highest BCUT2D eigenvalue weighted by Gasteiger charge is 2.25. The summed E-state index contributed by atoms with van der Waals surface area (Å²) in [5, 5.41) is 15.1. The molecule has 0 aliphatic rings. The third-order valence-electron chi connectivity index (χ3n) is 5.91. The van der Waals surface area contributed by atoms with Gasteiger partial charge in [0.15, 0.2) is 0 Å². The van der Waals surface area contributed by atoms with Gasteiger partial charge in [-0.05, 0) is 54.7 Å². The lowest BCUT2D eigenvalue weighted by atomic mass is 9.87. The number of hydrogen-bond acceptors (Lipinski definition) is 8. The summed E-state index contributed by atoms with van der Waals surface area (Å²) in [5.74, 6) is 0.442. The molecule has 2 aromatic rings. The maximum Gasteiger partial charge on any atom is 0.255 e. The fraction of sp³-hybridized carbons (Fsp3) is 0.560. The number of methoxy groups -OCH3 is 1. The van der Waals surface area contributed by atoms with E-state index in [1.807, 2.05) is 19.9 Å². The maximum atomic E-state index is 12.9. The van der Waals surface area contributed by atoms with Crippen molar-refractivity contribution >= 4 is 27.3 Å². The molecule has 1 aromatic carbocycles. The van der Waals surface area contributed by atoms with Crippen molar-refractivity contribution < 1.29 is 27.8 Å². The van der Waals surface area contributed by atoms with Crippen LogP contribution in [0.4, 0.5) is 0 Å². The molecule has 3 atom stereocenters. The zero-order valence-electron chi connectivity index (χ0n) is 21.2. The standard InChI is InChI=1S/C25H39N3O6S2/c1-18(2)19(15-21(26)22(29)17-28-36(31,32)24-11-8-14-35-24)16-27-25(30)20-9-4-5-10-23(20)34-13-7-6-12-33-3/h4-5,8-11,14,18-19,21-22,28-29H,6-7,12-13,15-17,26H2,1-3H3,(H,27,30)/t19-,21+,22+/m1/s1. The van der Waals surface area contributed by atoms with Crippen molar-refractivity contribution in [2.75, 3.05) is 33.4 Å². The second-order valence-electron chi connectivity index (χ2n) is 9.01. The Morgan fingerprint density at radius 2 is 1.83 bits per heavy atom. The Bertz CT molecular complexity index is 1010. The number of unbranched alkanes of at least 4 members (excludes halogenated alkanes) is 1. The van der Waals surface area contributed by atoms with Crippen LogP contribution in [0.1, 0.15) is 43.5 Å². The molecule has 0 fully saturated rings. The lowest BCUT2D eigenvalue weighted by Gasteiger charge is -2.27. The van der Waals surface area contributed by atoms with Crippen LogP contribution in [-0.2, 0) is 14.8 Å². The molecular formula is C25H39N3O6S2. The van der Waals surface area contributed by atoms with E-state index in [9.17, 15) is 18.3 Å². The third-order valence-corrected chi connectivity index (χ3v) is 8.73. The topological polar surface area (TPSA) is 140 Å². The molecule has 0 unspecified atom stereocenters. The molecule has 0 saturated carbocycles. The number of para-hydroxylation sites is 1. The van der Waals surface area contributed by atoms with E-state index >= 15 is 0 Å². The molecule has 9 nitrogen and oxygen atoms in total. The summed E-state index contributed by atoms with van der Waals surface area (Å²) in [6.45, 7) is 5.37. The maximum absolute atomic E-state index is 12.9. The zero-order valence-corrected chi connectivity index (χ0v) is 22.8. The fourth-order valence-corrected chi connectivity index (χ4v) is 5.65. The molecule has 36 heavy (non-hydrogen) atoms. The number of nitrogens with one attached hydrogen (secondary N) is 2. The molecular weight excluding hydrogens is 502 g/mol. The Hall–Kier alpha value is -2.02. The van der Waals surface area contributed by atoms with Crippen molar-refractivity contribution in [3.8, 4) is 5.75 Å². The summed E-state index contributed by atoms with van der Waals surface area (Å²) in [4.78, 5) is 12.9. The van der Waals surface area contributed by atoms with Crippen molar-refractivity contribution in [3.05, 3.63) is 47.3 Å². The number of ether oxygens (including phenoxy) is 2. The number of aliphatic hydroxyl groups is 1. The van der Waals surface area contributed by atoms with Crippen LogP contribution < -0.4 is 20.5 Å². The van der Waals surface area contributed by atoms with Crippen LogP contribution in [-0.4, -0.2) is 65.0 Å². The van der Waals surface area contributed by atoms with Crippen LogP contribution >= 0.6 is 11.3 Å². The molecule has 0 saturated heterocycles. The first-order valence-corrected chi connectivity index (χ1v) is 14.5. The number of sulfonamides is 1. The molecule has 0 radical (unpaired) electrons. The average molecular weight is 542 g/mol. The van der Waals surface area contributed by atoms with Gasteiger partial charge in [-0.1, -0.05) is 32.0 Å². The lowest BCUT2D eigenvalue weighted by molar-refractivity contribution is 0.0928. The summed E-state index contributed by atoms with van der Waals surface area (Å²) >= 11 is 1.10. The third kappa shape index (κ3) is 9.79. The fourth-order valence-electron chi connectivity index (χ4n) is 3.56. The number of amides is 1. The first kappa shape index (κ1) is 30.2. The minimum atomic E-state index is -3.68. The van der Waals surface area contributed by atoms with Gasteiger partial charge >= 0.3 is 0 Å². The van der Waals surface area contributed by atoms with Gasteiger partial charge in [-0.15, -0.1) is 11.3 Å². The van der Waals surface area contributed by atoms with Crippen molar-refractivity contribution in [2.24, 2.45) is 17.6 Å². The van der Waals surface area contributed by atoms with Gasteiger partial charge in [0, 0.05) is 32.8 Å². The monoisotopic (exact) mass is 541 g/mol. The van der Waals surface area contributed by atoms with Gasteiger partial charge in [-0.3, -0.25) is 4.79 Å². The van der Waals surface area contributed by atoms with E-state index in [1.54, 1.807) is 36.8 Å². The van der Waals surface area contributed by atoms with Crippen molar-refractivity contribution in [1.82, 2.24) is 10.0 Å². The van der Waals surface area contributed by atoms with Crippen LogP contribution in [0.25, 0.3) is 0 Å². The van der Waals surface area contributed by atoms with Gasteiger partial charge in [0.1, 0.15) is 9.96 Å². The quantitative estimate of drug-likeness (QED) is 0.226. The normalized spacial score (nSPS) is 14.4. The van der Waals surface area contributed by atoms with E-state index in [0.717, 1.165) is 24.2 Å². The van der Waals surface area contributed by atoms with Crippen LogP contribution in [0.5, 0.6) is 5.75 Å². The van der Waals surface area contributed by atoms with Crippen LogP contribution in [0.2, 0.25) is 0 Å². The SMILES string of the molecule is COCCCCOc1ccccc1C(=O)NC[C@@H](C[C@H](N)[C@@H](O)CNS(=O)(=O)c1cccs1)C(C)C. The van der Waals surface area contributed by atoms with E-state index in [1.165, 1.54) is 6.07 Å². The Balaban J connectivity index is 1.88. The van der Waals surface area contributed by atoms with E-state index in [4.69, 9.17) is 15.2 Å². The molecule has 0 bridgehead atoms. The molecule has 1 heterocycles. The Labute approximate surface area is 218 Å². The van der Waals surface area contributed by atoms with Crippen LogP contribution in [0.3, 0.4) is 0 Å². The number of carbonyl (C=O) groups excluding carboxylic acids is 1. The number of hydrogen-bond donors (Lipinski definition) is 4. The smallest absolute Gasteiger partial charge is 0.255 e. The Morgan fingerprint density at radius 1 is 1.11 bits per heavy atom. The molecule has 1 aromatic heterocycles. The predicted molar refractivity (Wildman–Crippen MR) is 142 cm³/mol. The zero-order chi connectivity index (χ0) is 26.6. The minimum absolute atomic E-state index is 0.0189. The number of carbonyl (C=O) groups is 1. The molecule has 5 N–H and O–H groups in total. The van der Waals surface area contributed by atoms with Crippen molar-refractivity contribution in [2.45, 2.75) is 49.5 Å². The first-order valence-electron chi connectivity index (χ1n) is 12.1. The highest BCUT2D eigenvalue weighted by molar-refractivity contribution is 7.91. The van der Waals surface area contributed by atoms with Gasteiger partial charge in [0.25, 0.3) is 5.91 Å². The second-order valence-corrected chi connectivity index (χ2v) is 12.0. The summed E-state index contributed by atoms with van der Waals surface area (Å²) in [5.41, 5.74) is 6.67. The predicted octanol–water partition coefficient (Wildman–Crippen LogP) is 2.61. The molecule has 2 rings (SSSR count). The summed E-state index contributed by atoms with van der Waals surface area (Å²) in [7, 11) is -2.02. The minimum Gasteiger partial charge on any atom is -0.493 e. The molecule has 0 spiro atoms. The lowest BCUT2D eigenvalue weighted by Crippen LogP contribution is -2.45. The Morgan fingerprint density at radius 3 is 2.50 bits per heavy atom. The highest BCUT2D eigenvalue weighted by atomic mass is 32.2. The largest absolute Gasteiger partial charge is 0.493 e. The van der Waals surface area contributed by atoms with Gasteiger partial charge in [-0.2, -0.15) is 0 Å². The summed E-state index contributed by atoms with van der Waals surface area (Å²) < 4.78 is 38.0. The average Bonchev–Trinajstić information content (AvgIpc) is 3.41. The molecule has 1 amide bonds. The Kier molecular flexibility index (Phi) is 12.8. The first-order chi connectivity index (χ1) is 17.2. The van der Waals surface area contributed by atoms with Gasteiger partial charge in [0.05, 0.1) is 18.3 Å². The van der Waals surface area contributed by atoms with Crippen molar-refractivity contribution in [1.29, 1.82) is 0 Å². The summed E-state index contributed by atoms with van der Waals surface area (Å²) in [6, 6.07) is 9.59. The highest BCUT2D eigenvalue weighted by Crippen LogP contribution is 2.21. The number of thiophene rings is 1. The second kappa shape index (κ2) is 15.3. The molecule has 0 aliphatic carbocycles. The molecule has 202 valence electrons.